The molecule has 0 amide bonds. The number of hydrogen-bond acceptors (Lipinski definition) is 4. The van der Waals surface area contributed by atoms with E-state index in [2.05, 4.69) is 33.8 Å². The molecule has 7 atom stereocenters. The van der Waals surface area contributed by atoms with Crippen LogP contribution in [0.25, 0.3) is 0 Å². The molecule has 3 aliphatic carbocycles. The molecular formula is C22H34O4. The summed E-state index contributed by atoms with van der Waals surface area (Å²) in [5.74, 6) is 0.997. The molecule has 0 aromatic heterocycles. The predicted molar refractivity (Wildman–Crippen MR) is 100 cm³/mol. The molecule has 0 spiro atoms. The lowest BCUT2D eigenvalue weighted by Gasteiger charge is -2.57. The lowest BCUT2D eigenvalue weighted by molar-refractivity contribution is -0.0506. The van der Waals surface area contributed by atoms with E-state index in [4.69, 9.17) is 4.74 Å². The molecule has 0 aromatic rings. The van der Waals surface area contributed by atoms with Gasteiger partial charge >= 0.3 is 0 Å². The molecule has 0 radical (unpaired) electrons. The lowest BCUT2D eigenvalue weighted by atomic mass is 9.47. The number of rotatable bonds is 3. The van der Waals surface area contributed by atoms with E-state index in [1.54, 1.807) is 6.08 Å². The third kappa shape index (κ3) is 2.49. The highest BCUT2D eigenvalue weighted by Crippen LogP contribution is 2.63. The van der Waals surface area contributed by atoms with Gasteiger partial charge in [-0.1, -0.05) is 38.8 Å². The zero-order chi connectivity index (χ0) is 18.9. The largest absolute Gasteiger partial charge is 0.392 e. The minimum absolute atomic E-state index is 0.206. The Kier molecular flexibility index (Phi) is 4.24. The molecule has 0 bridgehead atoms. The Morgan fingerprint density at radius 2 is 1.92 bits per heavy atom. The molecule has 1 heterocycles. The quantitative estimate of drug-likeness (QED) is 0.533. The summed E-state index contributed by atoms with van der Waals surface area (Å²) in [6.45, 7) is 9.25. The van der Waals surface area contributed by atoms with Gasteiger partial charge in [-0.3, -0.25) is 0 Å². The normalized spacial score (nSPS) is 49.6. The Bertz CT molecular complexity index is 651. The predicted octanol–water partition coefficient (Wildman–Crippen LogP) is 2.97. The fourth-order valence-electron chi connectivity index (χ4n) is 6.69. The van der Waals surface area contributed by atoms with Gasteiger partial charge in [-0.25, -0.2) is 0 Å². The molecule has 4 aliphatic rings. The van der Waals surface area contributed by atoms with Crippen LogP contribution >= 0.6 is 0 Å². The fourth-order valence-corrected chi connectivity index (χ4v) is 6.69. The Balaban J connectivity index is 1.65. The molecule has 0 aromatic carbocycles. The number of epoxide rings is 1. The topological polar surface area (TPSA) is 73.2 Å². The maximum absolute atomic E-state index is 10.7. The van der Waals surface area contributed by atoms with E-state index >= 15 is 0 Å². The van der Waals surface area contributed by atoms with E-state index in [0.29, 0.717) is 22.8 Å². The first-order valence-electron chi connectivity index (χ1n) is 10.2. The first kappa shape index (κ1) is 18.7. The maximum atomic E-state index is 10.7. The summed E-state index contributed by atoms with van der Waals surface area (Å²) in [6.07, 6.45) is 7.70. The molecule has 26 heavy (non-hydrogen) atoms. The maximum Gasteiger partial charge on any atom is 0.128 e. The van der Waals surface area contributed by atoms with Crippen molar-refractivity contribution in [1.82, 2.24) is 0 Å². The third-order valence-corrected chi connectivity index (χ3v) is 8.31. The van der Waals surface area contributed by atoms with Gasteiger partial charge in [0.05, 0.1) is 6.61 Å². The van der Waals surface area contributed by atoms with Crippen molar-refractivity contribution in [2.45, 2.75) is 83.7 Å². The fraction of sp³-hybridized carbons (Fsp3) is 0.818. The Morgan fingerprint density at radius 3 is 2.62 bits per heavy atom. The average Bonchev–Trinajstić information content (AvgIpc) is 3.30. The number of fused-ring (bicyclic) bond motifs is 2. The number of hydrogen-bond donors (Lipinski definition) is 3. The standard InChI is InChI=1S/C22H34O4/c1-13-6-7-16-20(2,3)8-5-9-21(16,4)15(13)11-22-17(24)10-14(12-23)18(25)19(22)26-22/h6,10,15-19,23-25H,5,7-9,11-12H2,1-4H3/t15-,16-,17+,18+,19-,21+,22+/m1/s1. The van der Waals surface area contributed by atoms with Crippen molar-refractivity contribution >= 4 is 0 Å². The van der Waals surface area contributed by atoms with E-state index < -0.39 is 23.9 Å². The van der Waals surface area contributed by atoms with Crippen molar-refractivity contribution in [2.24, 2.45) is 22.7 Å². The first-order valence-corrected chi connectivity index (χ1v) is 10.2. The minimum Gasteiger partial charge on any atom is -0.392 e. The van der Waals surface area contributed by atoms with Gasteiger partial charge in [0.2, 0.25) is 0 Å². The van der Waals surface area contributed by atoms with Crippen molar-refractivity contribution in [1.29, 1.82) is 0 Å². The van der Waals surface area contributed by atoms with Gasteiger partial charge in [0.15, 0.2) is 0 Å². The van der Waals surface area contributed by atoms with Crippen molar-refractivity contribution in [3.63, 3.8) is 0 Å². The third-order valence-electron chi connectivity index (χ3n) is 8.31. The van der Waals surface area contributed by atoms with E-state index in [0.717, 1.165) is 12.8 Å². The van der Waals surface area contributed by atoms with Crippen LogP contribution in [0.15, 0.2) is 23.3 Å². The Morgan fingerprint density at radius 1 is 1.19 bits per heavy atom. The zero-order valence-corrected chi connectivity index (χ0v) is 16.5. The molecule has 146 valence electrons. The van der Waals surface area contributed by atoms with E-state index in [1.807, 2.05) is 0 Å². The monoisotopic (exact) mass is 362 g/mol. The summed E-state index contributed by atoms with van der Waals surface area (Å²) in [7, 11) is 0. The van der Waals surface area contributed by atoms with Gasteiger partial charge in [-0.15, -0.1) is 0 Å². The minimum atomic E-state index is -0.803. The van der Waals surface area contributed by atoms with Crippen LogP contribution < -0.4 is 0 Å². The van der Waals surface area contributed by atoms with Crippen LogP contribution in [-0.2, 0) is 4.74 Å². The SMILES string of the molecule is CC1=CC[C@@H]2C(C)(C)CCC[C@@]2(C)[C@@H]1C[C@@]12O[C@@H]1[C@@H](O)C(CO)=C[C@@H]2O. The Labute approximate surface area is 156 Å². The highest BCUT2D eigenvalue weighted by Gasteiger charge is 2.68. The van der Waals surface area contributed by atoms with Crippen LogP contribution in [0.3, 0.4) is 0 Å². The summed E-state index contributed by atoms with van der Waals surface area (Å²) < 4.78 is 5.96. The van der Waals surface area contributed by atoms with Crippen LogP contribution in [0, 0.1) is 22.7 Å². The molecule has 2 fully saturated rings. The lowest BCUT2D eigenvalue weighted by Crippen LogP contribution is -2.51. The first-order chi connectivity index (χ1) is 12.2. The van der Waals surface area contributed by atoms with Crippen LogP contribution in [0.2, 0.25) is 0 Å². The van der Waals surface area contributed by atoms with Gasteiger partial charge in [0, 0.05) is 0 Å². The molecule has 1 saturated heterocycles. The van der Waals surface area contributed by atoms with Gasteiger partial charge in [-0.2, -0.15) is 0 Å². The average molecular weight is 363 g/mol. The molecule has 4 rings (SSSR count). The Hall–Kier alpha value is -0.680. The number of allylic oxidation sites excluding steroid dienone is 2. The smallest absolute Gasteiger partial charge is 0.128 e. The van der Waals surface area contributed by atoms with Crippen molar-refractivity contribution < 1.29 is 20.1 Å². The van der Waals surface area contributed by atoms with Crippen LogP contribution in [-0.4, -0.2) is 45.8 Å². The van der Waals surface area contributed by atoms with Crippen molar-refractivity contribution in [2.75, 3.05) is 6.61 Å². The zero-order valence-electron chi connectivity index (χ0n) is 16.5. The summed E-state index contributed by atoms with van der Waals surface area (Å²) in [6, 6.07) is 0. The second-order valence-electron chi connectivity index (χ2n) is 10.1. The van der Waals surface area contributed by atoms with E-state index in [9.17, 15) is 15.3 Å². The van der Waals surface area contributed by atoms with Crippen LogP contribution in [0.5, 0.6) is 0 Å². The van der Waals surface area contributed by atoms with Crippen LogP contribution in [0.1, 0.15) is 59.8 Å². The van der Waals surface area contributed by atoms with Crippen molar-refractivity contribution in [3.05, 3.63) is 23.3 Å². The van der Waals surface area contributed by atoms with Gasteiger partial charge in [0.25, 0.3) is 0 Å². The second kappa shape index (κ2) is 5.91. The summed E-state index contributed by atoms with van der Waals surface area (Å²) >= 11 is 0. The molecule has 1 saturated carbocycles. The summed E-state index contributed by atoms with van der Waals surface area (Å²) in [5.41, 5.74) is 1.73. The number of ether oxygens (including phenoxy) is 1. The van der Waals surface area contributed by atoms with E-state index in [-0.39, 0.29) is 12.0 Å². The molecule has 4 nitrogen and oxygen atoms in total. The molecule has 0 unspecified atom stereocenters. The summed E-state index contributed by atoms with van der Waals surface area (Å²) in [4.78, 5) is 0. The second-order valence-corrected chi connectivity index (χ2v) is 10.1. The van der Waals surface area contributed by atoms with Gasteiger partial charge < -0.3 is 20.1 Å². The van der Waals surface area contributed by atoms with E-state index in [1.165, 1.54) is 24.8 Å². The van der Waals surface area contributed by atoms with Gasteiger partial charge in [-0.05, 0) is 66.9 Å². The van der Waals surface area contributed by atoms with Crippen molar-refractivity contribution in [3.8, 4) is 0 Å². The number of aliphatic hydroxyl groups is 3. The highest BCUT2D eigenvalue weighted by molar-refractivity contribution is 5.33. The highest BCUT2D eigenvalue weighted by atomic mass is 16.6. The van der Waals surface area contributed by atoms with Crippen LogP contribution in [0.4, 0.5) is 0 Å². The molecule has 4 heteroatoms. The molecular weight excluding hydrogens is 328 g/mol. The molecule has 1 aliphatic heterocycles. The summed E-state index contributed by atoms with van der Waals surface area (Å²) in [5, 5.41) is 30.6. The van der Waals surface area contributed by atoms with Gasteiger partial charge in [0.1, 0.15) is 23.9 Å². The number of aliphatic hydroxyl groups excluding tert-OH is 3. The molecule has 3 N–H and O–H groups in total.